The van der Waals surface area contributed by atoms with Crippen LogP contribution >= 0.6 is 15.9 Å². The van der Waals surface area contributed by atoms with Gasteiger partial charge in [-0.15, -0.1) is 0 Å². The first-order chi connectivity index (χ1) is 15.1. The van der Waals surface area contributed by atoms with Crippen molar-refractivity contribution >= 4 is 26.9 Å². The second-order valence-corrected chi connectivity index (χ2v) is 8.07. The van der Waals surface area contributed by atoms with E-state index < -0.39 is 0 Å². The van der Waals surface area contributed by atoms with E-state index in [4.69, 9.17) is 13.9 Å². The van der Waals surface area contributed by atoms with Crippen LogP contribution in [0.4, 0.5) is 0 Å². The van der Waals surface area contributed by atoms with Gasteiger partial charge in [0.2, 0.25) is 0 Å². The van der Waals surface area contributed by atoms with Gasteiger partial charge in [0.05, 0.1) is 19.3 Å². The third-order valence-corrected chi connectivity index (χ3v) is 5.61. The smallest absolute Gasteiger partial charge is 0.344 e. The topological polar surface area (TPSA) is 48.7 Å². The lowest BCUT2D eigenvalue weighted by atomic mass is 9.91. The molecule has 0 spiro atoms. The Morgan fingerprint density at radius 2 is 1.71 bits per heavy atom. The lowest BCUT2D eigenvalue weighted by Crippen LogP contribution is -2.09. The SMILES string of the molecule is COc1ccc2c(Cc3ccc(OCCBr)cc3)c(-c3ccccc3C)c(=O)oc2c1. The normalized spacial score (nSPS) is 10.9. The monoisotopic (exact) mass is 478 g/mol. The average molecular weight is 479 g/mol. The van der Waals surface area contributed by atoms with Gasteiger partial charge in [0.1, 0.15) is 17.1 Å². The van der Waals surface area contributed by atoms with Gasteiger partial charge in [-0.05, 0) is 59.9 Å². The summed E-state index contributed by atoms with van der Waals surface area (Å²) in [6, 6.07) is 21.5. The van der Waals surface area contributed by atoms with Crippen LogP contribution in [0.3, 0.4) is 0 Å². The molecule has 3 aromatic carbocycles. The minimum atomic E-state index is -0.345. The van der Waals surface area contributed by atoms with Crippen molar-refractivity contribution < 1.29 is 13.9 Å². The molecule has 0 amide bonds. The first kappa shape index (κ1) is 21.2. The summed E-state index contributed by atoms with van der Waals surface area (Å²) in [5, 5.41) is 1.68. The minimum absolute atomic E-state index is 0.345. The summed E-state index contributed by atoms with van der Waals surface area (Å²) in [6.07, 6.45) is 0.594. The number of ether oxygens (including phenoxy) is 2. The predicted octanol–water partition coefficient (Wildman–Crippen LogP) is 6.14. The molecule has 0 radical (unpaired) electrons. The molecule has 4 nitrogen and oxygen atoms in total. The number of alkyl halides is 1. The van der Waals surface area contributed by atoms with Crippen LogP contribution in [-0.4, -0.2) is 19.0 Å². The number of halogens is 1. The van der Waals surface area contributed by atoms with E-state index in [0.29, 0.717) is 29.9 Å². The van der Waals surface area contributed by atoms with Crippen LogP contribution in [0.5, 0.6) is 11.5 Å². The summed E-state index contributed by atoms with van der Waals surface area (Å²) >= 11 is 3.37. The fourth-order valence-corrected chi connectivity index (χ4v) is 3.91. The number of hydrogen-bond donors (Lipinski definition) is 0. The Morgan fingerprint density at radius 3 is 2.42 bits per heavy atom. The Hall–Kier alpha value is -3.05. The van der Waals surface area contributed by atoms with Gasteiger partial charge in [-0.3, -0.25) is 0 Å². The van der Waals surface area contributed by atoms with Gasteiger partial charge in [0.15, 0.2) is 0 Å². The van der Waals surface area contributed by atoms with Crippen molar-refractivity contribution in [2.75, 3.05) is 19.0 Å². The molecule has 0 saturated carbocycles. The number of aryl methyl sites for hydroxylation is 1. The Labute approximate surface area is 189 Å². The molecule has 4 rings (SSSR count). The van der Waals surface area contributed by atoms with Crippen LogP contribution in [0.1, 0.15) is 16.7 Å². The van der Waals surface area contributed by atoms with Crippen molar-refractivity contribution in [1.29, 1.82) is 0 Å². The molecule has 0 aliphatic heterocycles. The molecule has 1 heterocycles. The van der Waals surface area contributed by atoms with Crippen LogP contribution in [-0.2, 0) is 6.42 Å². The third kappa shape index (κ3) is 4.52. The molecule has 0 unspecified atom stereocenters. The second kappa shape index (κ2) is 9.40. The van der Waals surface area contributed by atoms with Crippen molar-refractivity contribution in [2.45, 2.75) is 13.3 Å². The molecule has 0 fully saturated rings. The van der Waals surface area contributed by atoms with E-state index in [-0.39, 0.29) is 5.63 Å². The highest BCUT2D eigenvalue weighted by Crippen LogP contribution is 2.33. The molecule has 5 heteroatoms. The maximum Gasteiger partial charge on any atom is 0.344 e. The summed E-state index contributed by atoms with van der Waals surface area (Å²) in [5.74, 6) is 1.48. The molecular weight excluding hydrogens is 456 g/mol. The maximum absolute atomic E-state index is 13.1. The zero-order valence-electron chi connectivity index (χ0n) is 17.5. The van der Waals surface area contributed by atoms with Crippen molar-refractivity contribution in [2.24, 2.45) is 0 Å². The van der Waals surface area contributed by atoms with Gasteiger partial charge in [0, 0.05) is 16.8 Å². The molecule has 0 bridgehead atoms. The molecule has 0 atom stereocenters. The standard InChI is InChI=1S/C26H23BrO4/c1-17-5-3-4-6-21(17)25-23(15-18-7-9-19(10-8-18)30-14-13-27)22-12-11-20(29-2)16-24(22)31-26(25)28/h3-12,16H,13-15H2,1-2H3. The van der Waals surface area contributed by atoms with Gasteiger partial charge in [0.25, 0.3) is 0 Å². The van der Waals surface area contributed by atoms with Gasteiger partial charge in [-0.1, -0.05) is 52.3 Å². The van der Waals surface area contributed by atoms with Crippen LogP contribution in [0.25, 0.3) is 22.1 Å². The van der Waals surface area contributed by atoms with Crippen LogP contribution < -0.4 is 15.1 Å². The van der Waals surface area contributed by atoms with Crippen LogP contribution in [0.2, 0.25) is 0 Å². The van der Waals surface area contributed by atoms with Crippen LogP contribution in [0, 0.1) is 6.92 Å². The largest absolute Gasteiger partial charge is 0.497 e. The summed E-state index contributed by atoms with van der Waals surface area (Å²) in [7, 11) is 1.60. The van der Waals surface area contributed by atoms with Gasteiger partial charge >= 0.3 is 5.63 Å². The van der Waals surface area contributed by atoms with Gasteiger partial charge in [-0.2, -0.15) is 0 Å². The number of rotatable bonds is 7. The van der Waals surface area contributed by atoms with Crippen molar-refractivity contribution in [1.82, 2.24) is 0 Å². The molecule has 0 aliphatic rings. The maximum atomic E-state index is 13.1. The van der Waals surface area contributed by atoms with Crippen molar-refractivity contribution in [3.8, 4) is 22.6 Å². The van der Waals surface area contributed by atoms with Gasteiger partial charge < -0.3 is 13.9 Å². The minimum Gasteiger partial charge on any atom is -0.497 e. The van der Waals surface area contributed by atoms with E-state index in [2.05, 4.69) is 15.9 Å². The molecule has 0 N–H and O–H groups in total. The molecule has 1 aromatic heterocycles. The highest BCUT2D eigenvalue weighted by atomic mass is 79.9. The van der Waals surface area contributed by atoms with E-state index in [9.17, 15) is 4.79 Å². The fourth-order valence-electron chi connectivity index (χ4n) is 3.75. The van der Waals surface area contributed by atoms with E-state index in [1.165, 1.54) is 0 Å². The van der Waals surface area contributed by atoms with Gasteiger partial charge in [-0.25, -0.2) is 4.79 Å². The quantitative estimate of drug-likeness (QED) is 0.236. The van der Waals surface area contributed by atoms with Crippen molar-refractivity contribution in [3.05, 3.63) is 93.8 Å². The summed E-state index contributed by atoms with van der Waals surface area (Å²) in [6.45, 7) is 2.62. The molecular formula is C26H23BrO4. The zero-order chi connectivity index (χ0) is 21.8. The number of methoxy groups -OCH3 is 1. The highest BCUT2D eigenvalue weighted by Gasteiger charge is 2.18. The Morgan fingerprint density at radius 1 is 0.968 bits per heavy atom. The van der Waals surface area contributed by atoms with E-state index in [0.717, 1.165) is 38.7 Å². The fraction of sp³-hybridized carbons (Fsp3) is 0.192. The first-order valence-electron chi connectivity index (χ1n) is 10.1. The molecule has 0 saturated heterocycles. The van der Waals surface area contributed by atoms with E-state index in [1.807, 2.05) is 67.6 Å². The van der Waals surface area contributed by atoms with Crippen molar-refractivity contribution in [3.63, 3.8) is 0 Å². The highest BCUT2D eigenvalue weighted by molar-refractivity contribution is 9.09. The molecule has 158 valence electrons. The van der Waals surface area contributed by atoms with E-state index in [1.54, 1.807) is 13.2 Å². The lowest BCUT2D eigenvalue weighted by Gasteiger charge is -2.14. The molecule has 4 aromatic rings. The molecule has 31 heavy (non-hydrogen) atoms. The summed E-state index contributed by atoms with van der Waals surface area (Å²) < 4.78 is 16.7. The van der Waals surface area contributed by atoms with Crippen LogP contribution in [0.15, 0.2) is 75.9 Å². The number of hydrogen-bond acceptors (Lipinski definition) is 4. The zero-order valence-corrected chi connectivity index (χ0v) is 19.1. The number of benzene rings is 3. The molecule has 0 aliphatic carbocycles. The lowest BCUT2D eigenvalue weighted by molar-refractivity contribution is 0.345. The summed E-state index contributed by atoms with van der Waals surface area (Å²) in [4.78, 5) is 13.1. The third-order valence-electron chi connectivity index (χ3n) is 5.29. The first-order valence-corrected chi connectivity index (χ1v) is 11.2. The average Bonchev–Trinajstić information content (AvgIpc) is 2.79. The second-order valence-electron chi connectivity index (χ2n) is 7.28. The summed E-state index contributed by atoms with van der Waals surface area (Å²) in [5.41, 5.74) is 4.73. The van der Waals surface area contributed by atoms with E-state index >= 15 is 0 Å². The number of fused-ring (bicyclic) bond motifs is 1. The Balaban J connectivity index is 1.87. The Bertz CT molecular complexity index is 1260. The Kier molecular flexibility index (Phi) is 6.42. The predicted molar refractivity (Wildman–Crippen MR) is 128 cm³/mol.